The summed E-state index contributed by atoms with van der Waals surface area (Å²) in [5, 5.41) is 0.661. The average Bonchev–Trinajstić information content (AvgIpc) is 2.82. The number of fused-ring (bicyclic) bond motifs is 1. The van der Waals surface area contributed by atoms with Gasteiger partial charge in [-0.3, -0.25) is 0 Å². The molecule has 0 amide bonds. The Morgan fingerprint density at radius 1 is 1.00 bits per heavy atom. The molecule has 1 heterocycles. The predicted molar refractivity (Wildman–Crippen MR) is 76.9 cm³/mol. The van der Waals surface area contributed by atoms with Crippen LogP contribution >= 0.6 is 22.5 Å². The topological polar surface area (TPSA) is 12.4 Å². The van der Waals surface area contributed by atoms with Gasteiger partial charge in [-0.05, 0) is 29.8 Å². The highest BCUT2D eigenvalue weighted by Gasteiger charge is 2.23. The molecule has 0 saturated heterocycles. The minimum Gasteiger partial charge on any atom is -0.247 e. The summed E-state index contributed by atoms with van der Waals surface area (Å²) in [5.41, 5.74) is 2.86. The molecule has 1 aliphatic heterocycles. The molecule has 0 bridgehead atoms. The first-order valence-corrected chi connectivity index (χ1v) is 7.66. The molecule has 0 N–H and O–H groups in total. The largest absolute Gasteiger partial charge is 0.247 e. The van der Waals surface area contributed by atoms with Crippen molar-refractivity contribution in [2.45, 2.75) is 10.6 Å². The van der Waals surface area contributed by atoms with E-state index in [2.05, 4.69) is 4.99 Å². The van der Waals surface area contributed by atoms with Gasteiger partial charge in [0.25, 0.3) is 0 Å². The lowest BCUT2D eigenvalue weighted by Crippen LogP contribution is -1.91. The number of aliphatic imine (C=N–C) groups is 1. The lowest BCUT2D eigenvalue weighted by molar-refractivity contribution is 0.580. The van der Waals surface area contributed by atoms with Crippen LogP contribution in [0, 0.1) is 11.6 Å². The van der Waals surface area contributed by atoms with E-state index in [-0.39, 0.29) is 11.5 Å². The van der Waals surface area contributed by atoms with Crippen LogP contribution in [0.1, 0.15) is 5.56 Å². The summed E-state index contributed by atoms with van der Waals surface area (Å²) in [6.07, 6.45) is 0. The smallest absolute Gasteiger partial charge is 0.150 e. The fourth-order valence-corrected chi connectivity index (χ4v) is 4.14. The molecule has 2 aromatic carbocycles. The SMILES string of the molecule is Fc1ccc(F)c2c1N=C[SH]2Cc1ccc(Cl)cc1. The first kappa shape index (κ1) is 12.6. The molecule has 0 saturated carbocycles. The van der Waals surface area contributed by atoms with Gasteiger partial charge in [-0.15, -0.1) is 0 Å². The van der Waals surface area contributed by atoms with Crippen LogP contribution in [0.4, 0.5) is 14.5 Å². The van der Waals surface area contributed by atoms with Gasteiger partial charge in [0.1, 0.15) is 17.3 Å². The second-order valence-corrected chi connectivity index (χ2v) is 6.60. The van der Waals surface area contributed by atoms with E-state index in [9.17, 15) is 8.78 Å². The Balaban J connectivity index is 1.93. The number of benzene rings is 2. The summed E-state index contributed by atoms with van der Waals surface area (Å²) < 4.78 is 27.4. The van der Waals surface area contributed by atoms with E-state index in [1.54, 1.807) is 17.7 Å². The third kappa shape index (κ3) is 2.38. The Bertz CT molecular complexity index is 655. The molecule has 5 heteroatoms. The maximum Gasteiger partial charge on any atom is 0.150 e. The summed E-state index contributed by atoms with van der Waals surface area (Å²) in [5.74, 6) is -0.202. The monoisotopic (exact) mass is 297 g/mol. The fraction of sp³-hybridized carbons (Fsp3) is 0.0714. The third-order valence-corrected chi connectivity index (χ3v) is 5.28. The minimum atomic E-state index is -0.934. The van der Waals surface area contributed by atoms with E-state index in [0.717, 1.165) is 11.6 Å². The van der Waals surface area contributed by atoms with Crippen molar-refractivity contribution in [1.82, 2.24) is 0 Å². The second-order valence-electron chi connectivity index (χ2n) is 4.23. The third-order valence-electron chi connectivity index (χ3n) is 2.93. The maximum absolute atomic E-state index is 13.8. The van der Waals surface area contributed by atoms with Crippen LogP contribution < -0.4 is 0 Å². The van der Waals surface area contributed by atoms with Crippen molar-refractivity contribution in [2.24, 2.45) is 4.99 Å². The predicted octanol–water partition coefficient (Wildman–Crippen LogP) is 4.85. The van der Waals surface area contributed by atoms with Crippen molar-refractivity contribution >= 4 is 33.7 Å². The molecule has 1 unspecified atom stereocenters. The van der Waals surface area contributed by atoms with Gasteiger partial charge in [0.2, 0.25) is 0 Å². The summed E-state index contributed by atoms with van der Waals surface area (Å²) in [7, 11) is -0.934. The van der Waals surface area contributed by atoms with Gasteiger partial charge in [-0.2, -0.15) is 10.9 Å². The molecule has 1 aliphatic rings. The van der Waals surface area contributed by atoms with Crippen molar-refractivity contribution in [3.05, 3.63) is 58.6 Å². The summed E-state index contributed by atoms with van der Waals surface area (Å²) in [6.45, 7) is 0. The molecular formula is C14H10ClF2NS. The molecule has 0 aromatic heterocycles. The lowest BCUT2D eigenvalue weighted by Gasteiger charge is -2.14. The lowest BCUT2D eigenvalue weighted by atomic mass is 10.2. The average molecular weight is 298 g/mol. The van der Waals surface area contributed by atoms with Crippen LogP contribution in [0.3, 0.4) is 0 Å². The zero-order chi connectivity index (χ0) is 13.4. The molecular weight excluding hydrogens is 288 g/mol. The number of nitrogens with zero attached hydrogens (tertiary/aromatic N) is 1. The van der Waals surface area contributed by atoms with Crippen molar-refractivity contribution < 1.29 is 8.78 Å². The van der Waals surface area contributed by atoms with E-state index in [4.69, 9.17) is 11.6 Å². The Morgan fingerprint density at radius 3 is 2.42 bits per heavy atom. The van der Waals surface area contributed by atoms with Gasteiger partial charge >= 0.3 is 0 Å². The second kappa shape index (κ2) is 4.94. The molecule has 3 rings (SSSR count). The zero-order valence-electron chi connectivity index (χ0n) is 9.78. The molecule has 0 spiro atoms. The quantitative estimate of drug-likeness (QED) is 0.761. The molecule has 19 heavy (non-hydrogen) atoms. The van der Waals surface area contributed by atoms with Crippen LogP contribution in [0.2, 0.25) is 5.02 Å². The van der Waals surface area contributed by atoms with E-state index in [1.807, 2.05) is 12.1 Å². The minimum absolute atomic E-state index is 0.153. The van der Waals surface area contributed by atoms with Gasteiger partial charge < -0.3 is 0 Å². The summed E-state index contributed by atoms with van der Waals surface area (Å²) >= 11 is 5.82. The molecule has 0 radical (unpaired) electrons. The molecule has 98 valence electrons. The Hall–Kier alpha value is -1.39. The highest BCUT2D eigenvalue weighted by atomic mass is 35.5. The highest BCUT2D eigenvalue weighted by Crippen LogP contribution is 2.50. The van der Waals surface area contributed by atoms with Gasteiger partial charge in [0.05, 0.1) is 4.90 Å². The van der Waals surface area contributed by atoms with Gasteiger partial charge in [0, 0.05) is 16.3 Å². The Labute approximate surface area is 117 Å². The van der Waals surface area contributed by atoms with E-state index >= 15 is 0 Å². The van der Waals surface area contributed by atoms with Crippen molar-refractivity contribution in [1.29, 1.82) is 0 Å². The van der Waals surface area contributed by atoms with E-state index < -0.39 is 16.7 Å². The number of hydrogen-bond donors (Lipinski definition) is 1. The van der Waals surface area contributed by atoms with Crippen molar-refractivity contribution in [2.75, 3.05) is 0 Å². The van der Waals surface area contributed by atoms with Crippen LogP contribution in [0.5, 0.6) is 0 Å². The summed E-state index contributed by atoms with van der Waals surface area (Å²) in [4.78, 5) is 4.42. The Kier molecular flexibility index (Phi) is 3.29. The van der Waals surface area contributed by atoms with Crippen molar-refractivity contribution in [3.8, 4) is 0 Å². The molecule has 1 nitrogen and oxygen atoms in total. The summed E-state index contributed by atoms with van der Waals surface area (Å²) in [6, 6.07) is 9.67. The van der Waals surface area contributed by atoms with Gasteiger partial charge in [-0.25, -0.2) is 13.8 Å². The first-order valence-electron chi connectivity index (χ1n) is 5.68. The molecule has 1 atom stereocenters. The zero-order valence-corrected chi connectivity index (χ0v) is 11.4. The van der Waals surface area contributed by atoms with Crippen molar-refractivity contribution in [3.63, 3.8) is 0 Å². The number of hydrogen-bond acceptors (Lipinski definition) is 1. The van der Waals surface area contributed by atoms with Crippen LogP contribution in [0.15, 0.2) is 46.3 Å². The van der Waals surface area contributed by atoms with Crippen LogP contribution in [-0.2, 0) is 5.75 Å². The van der Waals surface area contributed by atoms with E-state index in [0.29, 0.717) is 15.7 Å². The number of thiol groups is 1. The normalized spacial score (nSPS) is 18.6. The van der Waals surface area contributed by atoms with Gasteiger partial charge in [-0.1, -0.05) is 23.7 Å². The number of halogens is 3. The highest BCUT2D eigenvalue weighted by molar-refractivity contribution is 8.28. The van der Waals surface area contributed by atoms with E-state index in [1.165, 1.54) is 6.07 Å². The molecule has 2 aromatic rings. The van der Waals surface area contributed by atoms with Crippen LogP contribution in [0.25, 0.3) is 0 Å². The van der Waals surface area contributed by atoms with Crippen LogP contribution in [-0.4, -0.2) is 5.55 Å². The standard InChI is InChI=1S/C14H10ClF2NS/c15-10-3-1-9(2-4-10)7-19-8-18-13-11(16)5-6-12(17)14(13)19/h1-6,8,19H,7H2. The van der Waals surface area contributed by atoms with Gasteiger partial charge in [0.15, 0.2) is 0 Å². The first-order chi connectivity index (χ1) is 9.15. The fourth-order valence-electron chi connectivity index (χ4n) is 2.02. The maximum atomic E-state index is 13.8. The Morgan fingerprint density at radius 2 is 1.68 bits per heavy atom. The molecule has 0 aliphatic carbocycles. The number of rotatable bonds is 2. The molecule has 0 fully saturated rings.